The fourth-order valence-electron chi connectivity index (χ4n) is 1.28. The zero-order valence-electron chi connectivity index (χ0n) is 9.84. The van der Waals surface area contributed by atoms with Crippen molar-refractivity contribution in [3.63, 3.8) is 0 Å². The van der Waals surface area contributed by atoms with E-state index in [-0.39, 0.29) is 0 Å². The van der Waals surface area contributed by atoms with Gasteiger partial charge in [0.2, 0.25) is 0 Å². The van der Waals surface area contributed by atoms with Crippen LogP contribution in [-0.4, -0.2) is 33.5 Å². The van der Waals surface area contributed by atoms with Gasteiger partial charge in [-0.2, -0.15) is 0 Å². The summed E-state index contributed by atoms with van der Waals surface area (Å²) in [6.45, 7) is 2.61. The quantitative estimate of drug-likeness (QED) is 0.707. The van der Waals surface area contributed by atoms with E-state index in [9.17, 15) is 8.78 Å². The lowest BCUT2D eigenvalue weighted by atomic mass is 10.2. The minimum absolute atomic E-state index is 0.361. The van der Waals surface area contributed by atoms with Gasteiger partial charge in [0.05, 0.1) is 19.8 Å². The average Bonchev–Trinajstić information content (AvgIpc) is 2.30. The molecule has 0 saturated heterocycles. The van der Waals surface area contributed by atoms with Crippen molar-refractivity contribution in [2.24, 2.45) is 0 Å². The van der Waals surface area contributed by atoms with Crippen molar-refractivity contribution in [1.82, 2.24) is 5.32 Å². The Bertz CT molecular complexity index is 334. The molecule has 1 N–H and O–H groups in total. The Morgan fingerprint density at radius 2 is 2.00 bits per heavy atom. The number of methoxy groups -OCH3 is 1. The van der Waals surface area contributed by atoms with Crippen LogP contribution in [-0.2, 0) is 16.0 Å². The third-order valence-electron chi connectivity index (χ3n) is 2.19. The van der Waals surface area contributed by atoms with E-state index in [4.69, 9.17) is 9.47 Å². The van der Waals surface area contributed by atoms with E-state index in [1.165, 1.54) is 12.1 Å². The van der Waals surface area contributed by atoms with Gasteiger partial charge in [-0.05, 0) is 6.07 Å². The van der Waals surface area contributed by atoms with Crippen LogP contribution in [0.2, 0.25) is 0 Å². The Morgan fingerprint density at radius 1 is 1.18 bits per heavy atom. The van der Waals surface area contributed by atoms with Crippen molar-refractivity contribution >= 4 is 0 Å². The van der Waals surface area contributed by atoms with E-state index >= 15 is 0 Å². The second kappa shape index (κ2) is 8.11. The first-order valence-electron chi connectivity index (χ1n) is 5.45. The summed E-state index contributed by atoms with van der Waals surface area (Å²) in [5.74, 6) is -1.09. The monoisotopic (exact) mass is 245 g/mol. The molecule has 17 heavy (non-hydrogen) atoms. The maximum Gasteiger partial charge on any atom is 0.130 e. The lowest BCUT2D eigenvalue weighted by molar-refractivity contribution is 0.0719. The molecule has 96 valence electrons. The number of hydrogen-bond acceptors (Lipinski definition) is 3. The highest BCUT2D eigenvalue weighted by atomic mass is 19.1. The van der Waals surface area contributed by atoms with Crippen LogP contribution >= 0.6 is 0 Å². The molecule has 5 heteroatoms. The van der Waals surface area contributed by atoms with Gasteiger partial charge < -0.3 is 14.8 Å². The van der Waals surface area contributed by atoms with E-state index in [1.54, 1.807) is 7.11 Å². The van der Waals surface area contributed by atoms with Gasteiger partial charge in [-0.3, -0.25) is 0 Å². The molecular weight excluding hydrogens is 228 g/mol. The molecule has 0 saturated carbocycles. The highest BCUT2D eigenvalue weighted by Gasteiger charge is 2.02. The fraction of sp³-hybridized carbons (Fsp3) is 0.500. The maximum atomic E-state index is 13.2. The summed E-state index contributed by atoms with van der Waals surface area (Å²) in [5, 5.41) is 3.01. The van der Waals surface area contributed by atoms with Crippen molar-refractivity contribution in [2.75, 3.05) is 33.5 Å². The highest BCUT2D eigenvalue weighted by Crippen LogP contribution is 2.08. The zero-order valence-corrected chi connectivity index (χ0v) is 9.84. The first-order valence-corrected chi connectivity index (χ1v) is 5.45. The fourth-order valence-corrected chi connectivity index (χ4v) is 1.28. The normalized spacial score (nSPS) is 10.8. The van der Waals surface area contributed by atoms with Gasteiger partial charge in [-0.25, -0.2) is 8.78 Å². The van der Waals surface area contributed by atoms with Crippen LogP contribution in [0.4, 0.5) is 8.78 Å². The van der Waals surface area contributed by atoms with E-state index in [0.717, 1.165) is 6.07 Å². The summed E-state index contributed by atoms with van der Waals surface area (Å²) < 4.78 is 35.8. The second-order valence-electron chi connectivity index (χ2n) is 3.52. The van der Waals surface area contributed by atoms with E-state index < -0.39 is 11.6 Å². The molecule has 0 fully saturated rings. The van der Waals surface area contributed by atoms with Gasteiger partial charge in [-0.15, -0.1) is 0 Å². The minimum atomic E-state index is -0.561. The van der Waals surface area contributed by atoms with Crippen LogP contribution in [0.15, 0.2) is 18.2 Å². The number of halogens is 2. The Morgan fingerprint density at radius 3 is 2.71 bits per heavy atom. The van der Waals surface area contributed by atoms with E-state index in [2.05, 4.69) is 5.32 Å². The minimum Gasteiger partial charge on any atom is -0.382 e. The number of ether oxygens (including phenoxy) is 2. The molecule has 0 spiro atoms. The maximum absolute atomic E-state index is 13.2. The molecule has 0 aliphatic carbocycles. The molecule has 1 rings (SSSR count). The molecule has 0 radical (unpaired) electrons. The molecule has 0 aromatic heterocycles. The lowest BCUT2D eigenvalue weighted by Gasteiger charge is -2.06. The predicted molar refractivity (Wildman–Crippen MR) is 60.8 cm³/mol. The number of rotatable bonds is 8. The van der Waals surface area contributed by atoms with Gasteiger partial charge in [0.1, 0.15) is 11.6 Å². The summed E-state index contributed by atoms with van der Waals surface area (Å²) in [7, 11) is 1.61. The largest absolute Gasteiger partial charge is 0.382 e. The molecule has 1 aromatic carbocycles. The van der Waals surface area contributed by atoms with E-state index in [0.29, 0.717) is 38.5 Å². The van der Waals surface area contributed by atoms with Crippen LogP contribution < -0.4 is 5.32 Å². The third kappa shape index (κ3) is 5.72. The first kappa shape index (κ1) is 14.0. The van der Waals surface area contributed by atoms with Crippen LogP contribution in [0.5, 0.6) is 0 Å². The summed E-state index contributed by atoms with van der Waals surface area (Å²) >= 11 is 0. The molecular formula is C12H17F2NO2. The Labute approximate surface area is 99.7 Å². The third-order valence-corrected chi connectivity index (χ3v) is 2.19. The molecule has 1 aromatic rings. The number of nitrogens with one attached hydrogen (secondary N) is 1. The van der Waals surface area contributed by atoms with Gasteiger partial charge in [0, 0.05) is 31.8 Å². The number of benzene rings is 1. The van der Waals surface area contributed by atoms with Gasteiger partial charge in [0.15, 0.2) is 0 Å². The Balaban J connectivity index is 2.14. The SMILES string of the molecule is COCCOCCNCc1ccc(F)cc1F. The smallest absolute Gasteiger partial charge is 0.130 e. The summed E-state index contributed by atoms with van der Waals surface area (Å²) in [4.78, 5) is 0. The molecule has 0 bridgehead atoms. The highest BCUT2D eigenvalue weighted by molar-refractivity contribution is 5.18. The lowest BCUT2D eigenvalue weighted by Crippen LogP contribution is -2.20. The Kier molecular flexibility index (Phi) is 6.69. The first-order chi connectivity index (χ1) is 8.24. The van der Waals surface area contributed by atoms with Crippen molar-refractivity contribution in [3.8, 4) is 0 Å². The molecule has 3 nitrogen and oxygen atoms in total. The van der Waals surface area contributed by atoms with Crippen LogP contribution in [0, 0.1) is 11.6 Å². The van der Waals surface area contributed by atoms with Crippen LogP contribution in [0.1, 0.15) is 5.56 Å². The Hall–Kier alpha value is -1.04. The van der Waals surface area contributed by atoms with Crippen molar-refractivity contribution in [2.45, 2.75) is 6.54 Å². The number of hydrogen-bond donors (Lipinski definition) is 1. The van der Waals surface area contributed by atoms with Gasteiger partial charge in [0.25, 0.3) is 0 Å². The van der Waals surface area contributed by atoms with Gasteiger partial charge in [-0.1, -0.05) is 6.07 Å². The topological polar surface area (TPSA) is 30.5 Å². The summed E-state index contributed by atoms with van der Waals surface area (Å²) in [6, 6.07) is 3.56. The standard InChI is InChI=1S/C12H17F2NO2/c1-16-6-7-17-5-4-15-9-10-2-3-11(13)8-12(10)14/h2-3,8,15H,4-7,9H2,1H3. The predicted octanol–water partition coefficient (Wildman–Crippen LogP) is 1.72. The molecule has 0 aliphatic rings. The molecule has 0 unspecified atom stereocenters. The second-order valence-corrected chi connectivity index (χ2v) is 3.52. The molecule has 0 atom stereocenters. The average molecular weight is 245 g/mol. The van der Waals surface area contributed by atoms with Crippen molar-refractivity contribution < 1.29 is 18.3 Å². The molecule has 0 aliphatic heterocycles. The summed E-state index contributed by atoms with van der Waals surface area (Å²) in [6.07, 6.45) is 0. The van der Waals surface area contributed by atoms with E-state index in [1.807, 2.05) is 0 Å². The zero-order chi connectivity index (χ0) is 12.5. The van der Waals surface area contributed by atoms with Crippen LogP contribution in [0.3, 0.4) is 0 Å². The summed E-state index contributed by atoms with van der Waals surface area (Å²) in [5.41, 5.74) is 0.447. The van der Waals surface area contributed by atoms with Gasteiger partial charge >= 0.3 is 0 Å². The molecule has 0 amide bonds. The van der Waals surface area contributed by atoms with Crippen LogP contribution in [0.25, 0.3) is 0 Å². The van der Waals surface area contributed by atoms with Crippen molar-refractivity contribution in [1.29, 1.82) is 0 Å². The molecule has 0 heterocycles. The van der Waals surface area contributed by atoms with Crippen molar-refractivity contribution in [3.05, 3.63) is 35.4 Å².